The summed E-state index contributed by atoms with van der Waals surface area (Å²) >= 11 is 0. The summed E-state index contributed by atoms with van der Waals surface area (Å²) in [4.78, 5) is 9.02. The molecule has 1 aromatic rings. The number of rotatable bonds is 3. The van der Waals surface area contributed by atoms with Gasteiger partial charge in [0.25, 0.3) is 0 Å². The molecule has 4 heteroatoms. The van der Waals surface area contributed by atoms with E-state index in [1.807, 2.05) is 12.1 Å². The Morgan fingerprint density at radius 3 is 3.00 bits per heavy atom. The lowest BCUT2D eigenvalue weighted by atomic mass is 10.0. The Labute approximate surface area is 109 Å². The van der Waals surface area contributed by atoms with Crippen LogP contribution in [-0.2, 0) is 0 Å². The van der Waals surface area contributed by atoms with Crippen molar-refractivity contribution < 1.29 is 5.11 Å². The number of hydrogen-bond donors (Lipinski definition) is 1. The number of anilines is 1. The lowest BCUT2D eigenvalue weighted by molar-refractivity contribution is 0.198. The zero-order chi connectivity index (χ0) is 13.1. The maximum Gasteiger partial charge on any atom is 0.134 e. The van der Waals surface area contributed by atoms with Gasteiger partial charge in [0.2, 0.25) is 0 Å². The molecule has 1 saturated heterocycles. The largest absolute Gasteiger partial charge is 0.389 e. The average Bonchev–Trinajstić information content (AvgIpc) is 2.38. The lowest BCUT2D eigenvalue weighted by Gasteiger charge is -2.37. The molecule has 0 aromatic carbocycles. The normalized spacial score (nSPS) is 22.8. The maximum absolute atomic E-state index is 9.83. The topological polar surface area (TPSA) is 39.6 Å². The molecule has 100 valence electrons. The summed E-state index contributed by atoms with van der Waals surface area (Å²) in [7, 11) is 4.24. The molecule has 1 fully saturated rings. The predicted molar refractivity (Wildman–Crippen MR) is 73.8 cm³/mol. The first-order valence-electron chi connectivity index (χ1n) is 6.64. The van der Waals surface area contributed by atoms with Crippen LogP contribution in [0.1, 0.15) is 31.4 Å². The SMILES string of the molecule is CC(O)c1cccnc1N(C)C1CCCN(C)C1. The highest BCUT2D eigenvalue weighted by Gasteiger charge is 2.24. The van der Waals surface area contributed by atoms with E-state index in [4.69, 9.17) is 0 Å². The van der Waals surface area contributed by atoms with Gasteiger partial charge in [0.15, 0.2) is 0 Å². The summed E-state index contributed by atoms with van der Waals surface area (Å²) in [6.45, 7) is 4.03. The van der Waals surface area contributed by atoms with Crippen LogP contribution in [0.4, 0.5) is 5.82 Å². The van der Waals surface area contributed by atoms with Gasteiger partial charge in [-0.1, -0.05) is 6.07 Å². The first-order chi connectivity index (χ1) is 8.59. The van der Waals surface area contributed by atoms with Gasteiger partial charge in [0.05, 0.1) is 6.10 Å². The van der Waals surface area contributed by atoms with E-state index in [0.29, 0.717) is 6.04 Å². The van der Waals surface area contributed by atoms with Crippen LogP contribution in [0.3, 0.4) is 0 Å². The number of likely N-dealkylation sites (tertiary alicyclic amines) is 1. The second-order valence-electron chi connectivity index (χ2n) is 5.26. The van der Waals surface area contributed by atoms with Crippen molar-refractivity contribution in [2.24, 2.45) is 0 Å². The van der Waals surface area contributed by atoms with Gasteiger partial charge in [0.1, 0.15) is 5.82 Å². The summed E-state index contributed by atoms with van der Waals surface area (Å²) in [5.41, 5.74) is 0.910. The molecule has 1 aromatic heterocycles. The molecule has 0 bridgehead atoms. The van der Waals surface area contributed by atoms with Crippen molar-refractivity contribution in [1.29, 1.82) is 0 Å². The molecule has 0 radical (unpaired) electrons. The summed E-state index contributed by atoms with van der Waals surface area (Å²) in [5.74, 6) is 0.910. The van der Waals surface area contributed by atoms with Gasteiger partial charge >= 0.3 is 0 Å². The fourth-order valence-electron chi connectivity index (χ4n) is 2.66. The average molecular weight is 249 g/mol. The first kappa shape index (κ1) is 13.3. The molecule has 1 N–H and O–H groups in total. The van der Waals surface area contributed by atoms with Crippen molar-refractivity contribution in [1.82, 2.24) is 9.88 Å². The third-order valence-corrected chi connectivity index (χ3v) is 3.75. The molecule has 18 heavy (non-hydrogen) atoms. The van der Waals surface area contributed by atoms with E-state index in [0.717, 1.165) is 17.9 Å². The van der Waals surface area contributed by atoms with Crippen molar-refractivity contribution in [2.45, 2.75) is 31.9 Å². The summed E-state index contributed by atoms with van der Waals surface area (Å²) in [5, 5.41) is 9.83. The number of aromatic nitrogens is 1. The van der Waals surface area contributed by atoms with Gasteiger partial charge in [-0.2, -0.15) is 0 Å². The molecular formula is C14H23N3O. The van der Waals surface area contributed by atoms with Gasteiger partial charge in [-0.3, -0.25) is 0 Å². The predicted octanol–water partition coefficient (Wildman–Crippen LogP) is 1.67. The van der Waals surface area contributed by atoms with Crippen molar-refractivity contribution in [3.63, 3.8) is 0 Å². The molecule has 2 unspecified atom stereocenters. The Balaban J connectivity index is 2.19. The number of piperidine rings is 1. The van der Waals surface area contributed by atoms with Gasteiger partial charge in [0, 0.05) is 31.4 Å². The number of hydrogen-bond acceptors (Lipinski definition) is 4. The number of pyridine rings is 1. The molecule has 0 aliphatic carbocycles. The maximum atomic E-state index is 9.83. The molecule has 1 aliphatic rings. The summed E-state index contributed by atoms with van der Waals surface area (Å²) < 4.78 is 0. The zero-order valence-corrected chi connectivity index (χ0v) is 11.5. The standard InChI is InChI=1S/C14H23N3O/c1-11(18)13-7-4-8-15-14(13)17(3)12-6-5-9-16(2)10-12/h4,7-8,11-12,18H,5-6,9-10H2,1-3H3. The van der Waals surface area contributed by atoms with Gasteiger partial charge in [-0.15, -0.1) is 0 Å². The molecular weight excluding hydrogens is 226 g/mol. The zero-order valence-electron chi connectivity index (χ0n) is 11.5. The first-order valence-corrected chi connectivity index (χ1v) is 6.64. The van der Waals surface area contributed by atoms with E-state index in [1.165, 1.54) is 19.4 Å². The van der Waals surface area contributed by atoms with E-state index in [1.54, 1.807) is 13.1 Å². The minimum atomic E-state index is -0.475. The van der Waals surface area contributed by atoms with Crippen molar-refractivity contribution in [3.05, 3.63) is 23.9 Å². The van der Waals surface area contributed by atoms with E-state index >= 15 is 0 Å². The van der Waals surface area contributed by atoms with E-state index < -0.39 is 6.10 Å². The number of likely N-dealkylation sites (N-methyl/N-ethyl adjacent to an activating group) is 2. The van der Waals surface area contributed by atoms with Gasteiger partial charge < -0.3 is 14.9 Å². The van der Waals surface area contributed by atoms with Gasteiger partial charge in [-0.05, 0) is 39.4 Å². The van der Waals surface area contributed by atoms with Crippen molar-refractivity contribution >= 4 is 5.82 Å². The Hall–Kier alpha value is -1.13. The molecule has 4 nitrogen and oxygen atoms in total. The van der Waals surface area contributed by atoms with Crippen LogP contribution in [0, 0.1) is 0 Å². The highest BCUT2D eigenvalue weighted by atomic mass is 16.3. The minimum absolute atomic E-state index is 0.475. The van der Waals surface area contributed by atoms with E-state index in [-0.39, 0.29) is 0 Å². The van der Waals surface area contributed by atoms with Crippen molar-refractivity contribution in [3.8, 4) is 0 Å². The minimum Gasteiger partial charge on any atom is -0.389 e. The monoisotopic (exact) mass is 249 g/mol. The summed E-state index contributed by atoms with van der Waals surface area (Å²) in [6.07, 6.45) is 3.74. The van der Waals surface area contributed by atoms with Crippen LogP contribution in [0.25, 0.3) is 0 Å². The third-order valence-electron chi connectivity index (χ3n) is 3.75. The quantitative estimate of drug-likeness (QED) is 0.884. The highest BCUT2D eigenvalue weighted by molar-refractivity contribution is 5.48. The third kappa shape index (κ3) is 2.82. The Bertz CT molecular complexity index is 394. The smallest absolute Gasteiger partial charge is 0.134 e. The molecule has 0 amide bonds. The number of aliphatic hydroxyl groups excluding tert-OH is 1. The van der Waals surface area contributed by atoms with E-state index in [2.05, 4.69) is 28.9 Å². The Morgan fingerprint density at radius 1 is 1.56 bits per heavy atom. The Kier molecular flexibility index (Phi) is 4.19. The fraction of sp³-hybridized carbons (Fsp3) is 0.643. The Morgan fingerprint density at radius 2 is 2.33 bits per heavy atom. The highest BCUT2D eigenvalue weighted by Crippen LogP contribution is 2.26. The van der Waals surface area contributed by atoms with Crippen molar-refractivity contribution in [2.75, 3.05) is 32.1 Å². The molecule has 2 atom stereocenters. The van der Waals surface area contributed by atoms with E-state index in [9.17, 15) is 5.11 Å². The molecule has 2 rings (SSSR count). The molecule has 1 aliphatic heterocycles. The molecule has 0 saturated carbocycles. The van der Waals surface area contributed by atoms with Crippen LogP contribution < -0.4 is 4.90 Å². The van der Waals surface area contributed by atoms with Crippen LogP contribution >= 0.6 is 0 Å². The number of aliphatic hydroxyl groups is 1. The second-order valence-corrected chi connectivity index (χ2v) is 5.26. The van der Waals surface area contributed by atoms with Crippen LogP contribution in [0.5, 0.6) is 0 Å². The molecule has 2 heterocycles. The van der Waals surface area contributed by atoms with Gasteiger partial charge in [-0.25, -0.2) is 4.98 Å². The fourth-order valence-corrected chi connectivity index (χ4v) is 2.66. The molecule has 0 spiro atoms. The number of nitrogens with zero attached hydrogens (tertiary/aromatic N) is 3. The second kappa shape index (κ2) is 5.67. The van der Waals surface area contributed by atoms with Crippen LogP contribution in [0.15, 0.2) is 18.3 Å². The van der Waals surface area contributed by atoms with Crippen LogP contribution in [-0.4, -0.2) is 48.2 Å². The lowest BCUT2D eigenvalue weighted by Crippen LogP contribution is -2.45. The van der Waals surface area contributed by atoms with Crippen LogP contribution in [0.2, 0.25) is 0 Å². The summed E-state index contributed by atoms with van der Waals surface area (Å²) in [6, 6.07) is 4.32.